The zero-order chi connectivity index (χ0) is 18.0. The minimum Gasteiger partial charge on any atom is -0.504 e. The van der Waals surface area contributed by atoms with E-state index in [1.54, 1.807) is 18.2 Å². The third-order valence-electron chi connectivity index (χ3n) is 3.87. The van der Waals surface area contributed by atoms with Gasteiger partial charge in [0.2, 0.25) is 5.91 Å². The smallest absolute Gasteiger partial charge is 0.257 e. The van der Waals surface area contributed by atoms with E-state index in [1.807, 2.05) is 0 Å². The average molecular weight is 359 g/mol. The number of ether oxygens (including phenoxy) is 1. The van der Waals surface area contributed by atoms with Crippen molar-refractivity contribution in [2.45, 2.75) is 17.5 Å². The van der Waals surface area contributed by atoms with Gasteiger partial charge in [0.05, 0.1) is 12.7 Å². The van der Waals surface area contributed by atoms with Gasteiger partial charge in [0.25, 0.3) is 5.56 Å². The Hall–Kier alpha value is -2.74. The number of phenols is 1. The number of nitrogens with zero attached hydrogens (tertiary/aromatic N) is 1. The van der Waals surface area contributed by atoms with E-state index in [0.29, 0.717) is 22.0 Å². The number of phenolic OH excluding ortho intramolecular Hbond substituents is 1. The van der Waals surface area contributed by atoms with E-state index in [1.165, 1.54) is 24.9 Å². The summed E-state index contributed by atoms with van der Waals surface area (Å²) in [7, 11) is 1.44. The molecule has 25 heavy (non-hydrogen) atoms. The molecular weight excluding hydrogens is 342 g/mol. The van der Waals surface area contributed by atoms with Crippen molar-refractivity contribution < 1.29 is 14.6 Å². The molecule has 0 bridgehead atoms. The second-order valence-electron chi connectivity index (χ2n) is 5.47. The monoisotopic (exact) mass is 359 g/mol. The van der Waals surface area contributed by atoms with Crippen LogP contribution in [0.1, 0.15) is 23.5 Å². The third-order valence-corrected chi connectivity index (χ3v) is 4.74. The van der Waals surface area contributed by atoms with Gasteiger partial charge in [-0.05, 0) is 17.7 Å². The van der Waals surface area contributed by atoms with Gasteiger partial charge in [-0.1, -0.05) is 23.9 Å². The molecule has 1 unspecified atom stereocenters. The molecule has 1 aliphatic rings. The lowest BCUT2D eigenvalue weighted by molar-refractivity contribution is -0.116. The number of carbonyl (C=O) groups is 1. The molecule has 0 spiro atoms. The van der Waals surface area contributed by atoms with Gasteiger partial charge in [0, 0.05) is 18.1 Å². The molecule has 3 N–H and O–H groups in total. The fraction of sp³-hybridized carbons (Fsp3) is 0.235. The minimum atomic E-state index is -0.465. The highest BCUT2D eigenvalue weighted by Gasteiger charge is 2.31. The van der Waals surface area contributed by atoms with Gasteiger partial charge in [-0.25, -0.2) is 4.98 Å². The number of fused-ring (bicyclic) bond motifs is 1. The van der Waals surface area contributed by atoms with Crippen molar-refractivity contribution in [3.05, 3.63) is 52.3 Å². The number of nitrogens with one attached hydrogen (secondary N) is 2. The van der Waals surface area contributed by atoms with Gasteiger partial charge in [0.15, 0.2) is 16.7 Å². The molecule has 1 aromatic heterocycles. The van der Waals surface area contributed by atoms with E-state index < -0.39 is 5.92 Å². The Kier molecular flexibility index (Phi) is 4.80. The van der Waals surface area contributed by atoms with Crippen molar-refractivity contribution >= 4 is 23.5 Å². The van der Waals surface area contributed by atoms with Crippen LogP contribution in [0.3, 0.4) is 0 Å². The van der Waals surface area contributed by atoms with E-state index in [9.17, 15) is 14.7 Å². The molecule has 8 heteroatoms. The van der Waals surface area contributed by atoms with Crippen LogP contribution < -0.4 is 15.6 Å². The maximum Gasteiger partial charge on any atom is 0.257 e. The second kappa shape index (κ2) is 7.02. The van der Waals surface area contributed by atoms with Crippen molar-refractivity contribution in [3.63, 3.8) is 0 Å². The predicted octanol–water partition coefficient (Wildman–Crippen LogP) is 2.24. The molecule has 3 rings (SSSR count). The number of rotatable bonds is 5. The number of hydrogen-bond donors (Lipinski definition) is 3. The minimum absolute atomic E-state index is 0.00468. The van der Waals surface area contributed by atoms with Gasteiger partial charge in [-0.3, -0.25) is 9.59 Å². The summed E-state index contributed by atoms with van der Waals surface area (Å²) in [4.78, 5) is 31.8. The van der Waals surface area contributed by atoms with Crippen molar-refractivity contribution in [1.82, 2.24) is 9.97 Å². The largest absolute Gasteiger partial charge is 0.504 e. The van der Waals surface area contributed by atoms with E-state index in [0.717, 1.165) is 0 Å². The quantitative estimate of drug-likeness (QED) is 0.430. The number of aromatic nitrogens is 2. The van der Waals surface area contributed by atoms with Gasteiger partial charge in [0.1, 0.15) is 5.82 Å². The number of aromatic hydroxyl groups is 1. The Balaban J connectivity index is 2.08. The molecule has 0 saturated carbocycles. The summed E-state index contributed by atoms with van der Waals surface area (Å²) in [5, 5.41) is 12.9. The number of benzene rings is 1. The summed E-state index contributed by atoms with van der Waals surface area (Å²) >= 11 is 1.32. The summed E-state index contributed by atoms with van der Waals surface area (Å²) in [5.41, 5.74) is 0.799. The molecule has 0 saturated heterocycles. The Morgan fingerprint density at radius 1 is 1.48 bits per heavy atom. The van der Waals surface area contributed by atoms with Crippen LogP contribution in [0, 0.1) is 0 Å². The van der Waals surface area contributed by atoms with Gasteiger partial charge in [-0.15, -0.1) is 6.58 Å². The summed E-state index contributed by atoms with van der Waals surface area (Å²) in [6, 6.07) is 4.78. The zero-order valence-corrected chi connectivity index (χ0v) is 14.4. The van der Waals surface area contributed by atoms with Crippen molar-refractivity contribution in [2.24, 2.45) is 0 Å². The van der Waals surface area contributed by atoms with E-state index >= 15 is 0 Å². The van der Waals surface area contributed by atoms with Crippen LogP contribution in [0.25, 0.3) is 0 Å². The van der Waals surface area contributed by atoms with Crippen LogP contribution in [-0.4, -0.2) is 33.8 Å². The van der Waals surface area contributed by atoms with Crippen LogP contribution >= 0.6 is 11.8 Å². The molecule has 1 amide bonds. The Morgan fingerprint density at radius 3 is 3.00 bits per heavy atom. The Labute approximate surface area is 148 Å². The fourth-order valence-electron chi connectivity index (χ4n) is 2.75. The number of anilines is 1. The van der Waals surface area contributed by atoms with Gasteiger partial charge >= 0.3 is 0 Å². The molecule has 7 nitrogen and oxygen atoms in total. The Morgan fingerprint density at radius 2 is 2.28 bits per heavy atom. The van der Waals surface area contributed by atoms with Gasteiger partial charge in [-0.2, -0.15) is 0 Å². The average Bonchev–Trinajstić information content (AvgIpc) is 2.59. The summed E-state index contributed by atoms with van der Waals surface area (Å²) in [5.74, 6) is 0.454. The standard InChI is InChI=1S/C17H17N3O4S/c1-3-6-25-17-19-15-14(16(23)20-17)10(8-13(22)18-15)9-4-5-11(21)12(7-9)24-2/h3-5,7,10,21H,1,6,8H2,2H3,(H2,18,19,20,22,23). The number of amides is 1. The molecule has 130 valence electrons. The predicted molar refractivity (Wildman–Crippen MR) is 95.5 cm³/mol. The number of hydrogen-bond acceptors (Lipinski definition) is 6. The van der Waals surface area contributed by atoms with E-state index in [2.05, 4.69) is 21.9 Å². The highest BCUT2D eigenvalue weighted by atomic mass is 32.2. The lowest BCUT2D eigenvalue weighted by atomic mass is 9.86. The lowest BCUT2D eigenvalue weighted by Crippen LogP contribution is -2.31. The first-order valence-electron chi connectivity index (χ1n) is 7.58. The van der Waals surface area contributed by atoms with E-state index in [4.69, 9.17) is 4.74 Å². The molecular formula is C17H17N3O4S. The summed E-state index contributed by atoms with van der Waals surface area (Å²) in [6.45, 7) is 3.63. The normalized spacial score (nSPS) is 16.0. The molecule has 2 aromatic rings. The maximum atomic E-state index is 12.6. The molecule has 2 heterocycles. The first-order chi connectivity index (χ1) is 12.0. The van der Waals surface area contributed by atoms with Crippen LogP contribution in [-0.2, 0) is 4.79 Å². The molecule has 0 fully saturated rings. The third kappa shape index (κ3) is 3.39. The SMILES string of the molecule is C=CCSc1nc2c(c(=O)[nH]1)C(c1ccc(O)c(OC)c1)CC(=O)N2. The lowest BCUT2D eigenvalue weighted by Gasteiger charge is -2.24. The van der Waals surface area contributed by atoms with Crippen molar-refractivity contribution in [3.8, 4) is 11.5 Å². The van der Waals surface area contributed by atoms with Crippen LogP contribution in [0.15, 0.2) is 40.8 Å². The summed E-state index contributed by atoms with van der Waals surface area (Å²) < 4.78 is 5.12. The van der Waals surface area contributed by atoms with Crippen molar-refractivity contribution in [1.29, 1.82) is 0 Å². The van der Waals surface area contributed by atoms with Crippen molar-refractivity contribution in [2.75, 3.05) is 18.2 Å². The number of methoxy groups -OCH3 is 1. The second-order valence-corrected chi connectivity index (χ2v) is 6.48. The number of H-pyrrole nitrogens is 1. The highest BCUT2D eigenvalue weighted by Crippen LogP contribution is 2.37. The Bertz CT molecular complexity index is 894. The fourth-order valence-corrected chi connectivity index (χ4v) is 3.35. The molecule has 1 aliphatic heterocycles. The molecule has 1 atom stereocenters. The molecule has 1 aromatic carbocycles. The topological polar surface area (TPSA) is 104 Å². The molecule has 0 radical (unpaired) electrons. The van der Waals surface area contributed by atoms with E-state index in [-0.39, 0.29) is 35.2 Å². The van der Waals surface area contributed by atoms with Crippen LogP contribution in [0.4, 0.5) is 5.82 Å². The number of aromatic amines is 1. The number of carbonyl (C=O) groups excluding carboxylic acids is 1. The first-order valence-corrected chi connectivity index (χ1v) is 8.56. The zero-order valence-electron chi connectivity index (χ0n) is 13.5. The van der Waals surface area contributed by atoms with Crippen LogP contribution in [0.5, 0.6) is 11.5 Å². The van der Waals surface area contributed by atoms with Gasteiger partial charge < -0.3 is 20.1 Å². The molecule has 0 aliphatic carbocycles. The van der Waals surface area contributed by atoms with Crippen LogP contribution in [0.2, 0.25) is 0 Å². The summed E-state index contributed by atoms with van der Waals surface area (Å²) in [6.07, 6.45) is 1.82. The first kappa shape index (κ1) is 17.1. The highest BCUT2D eigenvalue weighted by molar-refractivity contribution is 7.99. The number of thioether (sulfide) groups is 1. The maximum absolute atomic E-state index is 12.6.